The molecule has 0 bridgehead atoms. The van der Waals surface area contributed by atoms with Crippen LogP contribution in [0.1, 0.15) is 0 Å². The van der Waals surface area contributed by atoms with Crippen LogP contribution in [0.4, 0.5) is 17.3 Å². The van der Waals surface area contributed by atoms with E-state index in [9.17, 15) is 17.3 Å². The third kappa shape index (κ3) is 6.35. The molecule has 0 heterocycles. The van der Waals surface area contributed by atoms with Crippen LogP contribution in [0.5, 0.6) is 0 Å². The average molecular weight is 298 g/mol. The molecule has 0 radical (unpaired) electrons. The molecule has 6 heteroatoms. The fourth-order valence-corrected chi connectivity index (χ4v) is 2.79. The maximum atomic E-state index is 9.75. The summed E-state index contributed by atoms with van der Waals surface area (Å²) in [5.74, 6) is 0. The molecule has 0 aliphatic rings. The van der Waals surface area contributed by atoms with Crippen molar-refractivity contribution < 1.29 is 17.3 Å². The molecule has 2 aromatic carbocycles. The molecule has 0 atom stereocenters. The van der Waals surface area contributed by atoms with Crippen LogP contribution in [-0.4, -0.2) is 7.25 Å². The van der Waals surface area contributed by atoms with Crippen molar-refractivity contribution in [1.82, 2.24) is 0 Å². The Hall–Kier alpha value is -1.87. The molecule has 0 nitrogen and oxygen atoms in total. The normalized spacial score (nSPS) is 10.4. The number of hydrogen-bond acceptors (Lipinski definition) is 0. The third-order valence-corrected chi connectivity index (χ3v) is 3.80. The van der Waals surface area contributed by atoms with E-state index in [1.807, 2.05) is 36.4 Å². The highest BCUT2D eigenvalue weighted by Gasteiger charge is 2.22. The topological polar surface area (TPSA) is 0 Å². The van der Waals surface area contributed by atoms with Crippen LogP contribution in [0.3, 0.4) is 0 Å². The van der Waals surface area contributed by atoms with Crippen LogP contribution in [0, 0.1) is 11.7 Å². The molecule has 20 heavy (non-hydrogen) atoms. The van der Waals surface area contributed by atoms with Gasteiger partial charge >= 0.3 is 7.25 Å². The van der Waals surface area contributed by atoms with E-state index in [1.54, 1.807) is 0 Å². The highest BCUT2D eigenvalue weighted by molar-refractivity contribution is 8.01. The highest BCUT2D eigenvalue weighted by atomic mass is 32.2. The van der Waals surface area contributed by atoms with Crippen molar-refractivity contribution in [3.05, 3.63) is 60.7 Å². The largest absolute Gasteiger partial charge is 0.673 e. The van der Waals surface area contributed by atoms with Gasteiger partial charge in [-0.1, -0.05) is 42.8 Å². The van der Waals surface area contributed by atoms with Crippen LogP contribution in [0.15, 0.2) is 70.5 Å². The zero-order chi connectivity index (χ0) is 15.0. The smallest absolute Gasteiger partial charge is 0.418 e. The number of terminal acetylenes is 1. The van der Waals surface area contributed by atoms with Gasteiger partial charge in [0.2, 0.25) is 0 Å². The van der Waals surface area contributed by atoms with Crippen molar-refractivity contribution in [3.8, 4) is 11.7 Å². The van der Waals surface area contributed by atoms with Gasteiger partial charge in [0.05, 0.1) is 0 Å². The molecular weight excluding hydrogens is 287 g/mol. The molecule has 0 N–H and O–H groups in total. The zero-order valence-electron chi connectivity index (χ0n) is 10.3. The van der Waals surface area contributed by atoms with Crippen molar-refractivity contribution in [2.45, 2.75) is 9.79 Å². The molecule has 2 aromatic rings. The Labute approximate surface area is 118 Å². The molecule has 0 fully saturated rings. The van der Waals surface area contributed by atoms with Crippen molar-refractivity contribution in [2.75, 3.05) is 0 Å². The van der Waals surface area contributed by atoms with Crippen LogP contribution >= 0.6 is 0 Å². The van der Waals surface area contributed by atoms with E-state index < -0.39 is 7.25 Å². The van der Waals surface area contributed by atoms with Gasteiger partial charge in [-0.3, -0.25) is 0 Å². The predicted octanol–water partition coefficient (Wildman–Crippen LogP) is 4.61. The monoisotopic (exact) mass is 298 g/mol. The lowest BCUT2D eigenvalue weighted by Crippen LogP contribution is -2.02. The van der Waals surface area contributed by atoms with Gasteiger partial charge in [0.15, 0.2) is 15.0 Å². The molecule has 2 rings (SSSR count). The number of hydrogen-bond donors (Lipinski definition) is 0. The Morgan fingerprint density at radius 3 is 1.30 bits per heavy atom. The first-order valence-electron chi connectivity index (χ1n) is 5.60. The Morgan fingerprint density at radius 2 is 1.05 bits per heavy atom. The summed E-state index contributed by atoms with van der Waals surface area (Å²) in [6, 6.07) is 20.4. The van der Waals surface area contributed by atoms with E-state index in [0.717, 1.165) is 0 Å². The lowest BCUT2D eigenvalue weighted by atomic mass is 10.3. The maximum Gasteiger partial charge on any atom is 0.673 e. The second kappa shape index (κ2) is 7.66. The van der Waals surface area contributed by atoms with Gasteiger partial charge in [-0.15, -0.1) is 0 Å². The Kier molecular flexibility index (Phi) is 6.20. The van der Waals surface area contributed by atoms with Crippen LogP contribution in [-0.2, 0) is 10.9 Å². The molecule has 0 aliphatic carbocycles. The quantitative estimate of drug-likeness (QED) is 0.328. The van der Waals surface area contributed by atoms with Gasteiger partial charge in [0.1, 0.15) is 10.9 Å². The Balaban J connectivity index is 0.000000347. The number of halogens is 4. The van der Waals surface area contributed by atoms with Gasteiger partial charge < -0.3 is 17.3 Å². The Morgan fingerprint density at radius 1 is 0.750 bits per heavy atom. The highest BCUT2D eigenvalue weighted by Crippen LogP contribution is 2.21. The molecule has 104 valence electrons. The van der Waals surface area contributed by atoms with E-state index in [4.69, 9.17) is 6.42 Å². The molecule has 0 unspecified atom stereocenters. The van der Waals surface area contributed by atoms with Gasteiger partial charge in [0.25, 0.3) is 0 Å². The van der Waals surface area contributed by atoms with Crippen LogP contribution < -0.4 is 0 Å². The summed E-state index contributed by atoms with van der Waals surface area (Å²) < 4.78 is 39.0. The van der Waals surface area contributed by atoms with Gasteiger partial charge in [-0.2, -0.15) is 0 Å². The first-order valence-corrected chi connectivity index (χ1v) is 6.82. The first kappa shape index (κ1) is 16.2. The lowest BCUT2D eigenvalue weighted by molar-refractivity contribution is 0.368. The minimum Gasteiger partial charge on any atom is -0.418 e. The second-order valence-electron chi connectivity index (χ2n) is 3.55. The number of benzene rings is 2. The Bertz CT molecular complexity index is 503. The van der Waals surface area contributed by atoms with Crippen molar-refractivity contribution in [3.63, 3.8) is 0 Å². The fourth-order valence-electron chi connectivity index (χ4n) is 1.39. The predicted molar refractivity (Wildman–Crippen MR) is 75.8 cm³/mol. The van der Waals surface area contributed by atoms with Gasteiger partial charge in [0, 0.05) is 0 Å². The lowest BCUT2D eigenvalue weighted by Gasteiger charge is -1.98. The summed E-state index contributed by atoms with van der Waals surface area (Å²) in [7, 11) is -6.23. The van der Waals surface area contributed by atoms with E-state index in [2.05, 4.69) is 29.5 Å². The first-order chi connectivity index (χ1) is 9.42. The molecule has 0 spiro atoms. The fraction of sp³-hybridized carbons (Fsp3) is 0. The summed E-state index contributed by atoms with van der Waals surface area (Å²) in [6.07, 6.45) is 5.60. The maximum absolute atomic E-state index is 9.75. The van der Waals surface area contributed by atoms with E-state index in [1.165, 1.54) is 9.79 Å². The van der Waals surface area contributed by atoms with E-state index in [-0.39, 0.29) is 10.9 Å². The molecule has 0 amide bonds. The zero-order valence-corrected chi connectivity index (χ0v) is 11.2. The van der Waals surface area contributed by atoms with E-state index in [0.29, 0.717) is 0 Å². The van der Waals surface area contributed by atoms with E-state index >= 15 is 0 Å². The van der Waals surface area contributed by atoms with Crippen LogP contribution in [0.2, 0.25) is 0 Å². The summed E-state index contributed by atoms with van der Waals surface area (Å²) in [4.78, 5) is 2.40. The van der Waals surface area contributed by atoms with Gasteiger partial charge in [-0.25, -0.2) is 0 Å². The van der Waals surface area contributed by atoms with Crippen LogP contribution in [0.25, 0.3) is 0 Å². The summed E-state index contributed by atoms with van der Waals surface area (Å²) in [5, 5.41) is 2.86. The van der Waals surface area contributed by atoms with Crippen molar-refractivity contribution >= 4 is 18.1 Å². The summed E-state index contributed by atoms with van der Waals surface area (Å²) in [6.45, 7) is 0. The molecule has 0 saturated carbocycles. The van der Waals surface area contributed by atoms with Crippen molar-refractivity contribution in [1.29, 1.82) is 0 Å². The minimum atomic E-state index is -6.00. The van der Waals surface area contributed by atoms with Gasteiger partial charge in [-0.05, 0) is 24.3 Å². The molecule has 0 aromatic heterocycles. The average Bonchev–Trinajstić information content (AvgIpc) is 2.40. The minimum absolute atomic E-state index is 0.230. The number of rotatable bonds is 2. The molecule has 0 saturated heterocycles. The summed E-state index contributed by atoms with van der Waals surface area (Å²) >= 11 is 0. The molecular formula is C14H11BF4S. The second-order valence-corrected chi connectivity index (χ2v) is 5.34. The summed E-state index contributed by atoms with van der Waals surface area (Å²) in [5.41, 5.74) is 0. The molecule has 0 aliphatic heterocycles. The van der Waals surface area contributed by atoms with Crippen molar-refractivity contribution in [2.24, 2.45) is 0 Å². The standard InChI is InChI=1S/C14H11S.BF4/c1-2-15(13-9-5-3-6-10-13)14-11-7-4-8-12-14;2-1(3,4)5/h1,3-12H;/q+1;-1. The third-order valence-electron chi connectivity index (χ3n) is 2.08. The SMILES string of the molecule is C#C[S+](c1ccccc1)c1ccccc1.F[B-](F)(F)F.